The number of halogens is 1. The summed E-state index contributed by atoms with van der Waals surface area (Å²) in [6.45, 7) is 0. The zero-order valence-corrected chi connectivity index (χ0v) is 8.98. The van der Waals surface area contributed by atoms with E-state index < -0.39 is 5.97 Å². The first-order valence-corrected chi connectivity index (χ1v) is 5.00. The lowest BCUT2D eigenvalue weighted by atomic mass is 10.1. The van der Waals surface area contributed by atoms with Crippen LogP contribution in [0.15, 0.2) is 36.5 Å². The fourth-order valence-electron chi connectivity index (χ4n) is 1.40. The molecule has 0 aliphatic heterocycles. The molecule has 4 heteroatoms. The molecule has 80 valence electrons. The Kier molecular flexibility index (Phi) is 2.88. The highest BCUT2D eigenvalue weighted by molar-refractivity contribution is 6.32. The van der Waals surface area contributed by atoms with Crippen molar-refractivity contribution in [1.29, 1.82) is 0 Å². The van der Waals surface area contributed by atoms with Crippen LogP contribution in [0.4, 0.5) is 0 Å². The van der Waals surface area contributed by atoms with Crippen molar-refractivity contribution in [2.75, 3.05) is 0 Å². The van der Waals surface area contributed by atoms with Crippen molar-refractivity contribution in [2.45, 2.75) is 0 Å². The van der Waals surface area contributed by atoms with Crippen molar-refractivity contribution in [1.82, 2.24) is 4.98 Å². The summed E-state index contributed by atoms with van der Waals surface area (Å²) >= 11 is 6.00. The molecule has 0 saturated carbocycles. The second-order valence-electron chi connectivity index (χ2n) is 3.24. The molecule has 3 nitrogen and oxygen atoms in total. The maximum Gasteiger partial charge on any atom is 0.328 e. The molecule has 1 aromatic heterocycles. The van der Waals surface area contributed by atoms with Gasteiger partial charge in [-0.2, -0.15) is 0 Å². The van der Waals surface area contributed by atoms with Crippen LogP contribution in [0.25, 0.3) is 17.0 Å². The van der Waals surface area contributed by atoms with E-state index in [1.807, 2.05) is 18.2 Å². The lowest BCUT2D eigenvalue weighted by molar-refractivity contribution is -0.131. The Morgan fingerprint density at radius 2 is 2.25 bits per heavy atom. The fraction of sp³-hybridized carbons (Fsp3) is 0. The van der Waals surface area contributed by atoms with Gasteiger partial charge in [0.1, 0.15) is 0 Å². The molecule has 2 aromatic rings. The third-order valence-corrected chi connectivity index (χ3v) is 2.45. The van der Waals surface area contributed by atoms with E-state index >= 15 is 0 Å². The molecular formula is C12H8ClNO2. The van der Waals surface area contributed by atoms with Gasteiger partial charge in [0.15, 0.2) is 0 Å². The van der Waals surface area contributed by atoms with Crippen LogP contribution in [0.5, 0.6) is 0 Å². The molecule has 2 rings (SSSR count). The largest absolute Gasteiger partial charge is 0.478 e. The maximum atomic E-state index is 10.4. The van der Waals surface area contributed by atoms with E-state index in [0.29, 0.717) is 10.6 Å². The number of pyridine rings is 1. The van der Waals surface area contributed by atoms with Gasteiger partial charge in [-0.1, -0.05) is 17.7 Å². The molecular weight excluding hydrogens is 226 g/mol. The molecule has 0 aliphatic rings. The molecule has 0 atom stereocenters. The van der Waals surface area contributed by atoms with Gasteiger partial charge in [0.25, 0.3) is 0 Å². The highest BCUT2D eigenvalue weighted by Gasteiger charge is 2.01. The average molecular weight is 234 g/mol. The summed E-state index contributed by atoms with van der Waals surface area (Å²) in [4.78, 5) is 14.6. The lowest BCUT2D eigenvalue weighted by Crippen LogP contribution is -1.87. The van der Waals surface area contributed by atoms with E-state index in [2.05, 4.69) is 4.98 Å². The van der Waals surface area contributed by atoms with Gasteiger partial charge in [-0.25, -0.2) is 4.79 Å². The second-order valence-corrected chi connectivity index (χ2v) is 3.65. The third kappa shape index (κ3) is 2.20. The Bertz CT molecular complexity index is 578. The van der Waals surface area contributed by atoms with Crippen LogP contribution < -0.4 is 0 Å². The second kappa shape index (κ2) is 4.33. The summed E-state index contributed by atoms with van der Waals surface area (Å²) in [5.41, 5.74) is 1.46. The standard InChI is InChI=1S/C12H8ClNO2/c13-10-7-11-9(2-1-5-14-11)6-8(10)3-4-12(15)16/h1-7H,(H,15,16)/b4-3+. The van der Waals surface area contributed by atoms with Gasteiger partial charge in [0.2, 0.25) is 0 Å². The molecule has 0 saturated heterocycles. The Balaban J connectivity index is 2.54. The molecule has 0 fully saturated rings. The number of carboxylic acids is 1. The third-order valence-electron chi connectivity index (χ3n) is 2.13. The number of aromatic nitrogens is 1. The number of benzene rings is 1. The molecule has 0 aliphatic carbocycles. The summed E-state index contributed by atoms with van der Waals surface area (Å²) < 4.78 is 0. The molecule has 0 radical (unpaired) electrons. The summed E-state index contributed by atoms with van der Waals surface area (Å²) in [6, 6.07) is 7.25. The quantitative estimate of drug-likeness (QED) is 0.812. The number of carboxylic acid groups (broad SMARTS) is 1. The number of hydrogen-bond donors (Lipinski definition) is 1. The number of aliphatic carboxylic acids is 1. The van der Waals surface area contributed by atoms with Crippen molar-refractivity contribution >= 4 is 34.5 Å². The highest BCUT2D eigenvalue weighted by Crippen LogP contribution is 2.23. The molecule has 1 N–H and O–H groups in total. The van der Waals surface area contributed by atoms with Gasteiger partial charge < -0.3 is 5.11 Å². The number of hydrogen-bond acceptors (Lipinski definition) is 2. The van der Waals surface area contributed by atoms with Crippen molar-refractivity contribution in [2.24, 2.45) is 0 Å². The molecule has 16 heavy (non-hydrogen) atoms. The van der Waals surface area contributed by atoms with Gasteiger partial charge in [0, 0.05) is 22.7 Å². The van der Waals surface area contributed by atoms with Gasteiger partial charge in [-0.05, 0) is 29.8 Å². The van der Waals surface area contributed by atoms with Crippen LogP contribution in [-0.4, -0.2) is 16.1 Å². The summed E-state index contributed by atoms with van der Waals surface area (Å²) in [5, 5.41) is 9.95. The first-order chi connectivity index (χ1) is 7.66. The molecule has 1 heterocycles. The first-order valence-electron chi connectivity index (χ1n) is 4.62. The smallest absolute Gasteiger partial charge is 0.328 e. The maximum absolute atomic E-state index is 10.4. The zero-order valence-electron chi connectivity index (χ0n) is 8.22. The summed E-state index contributed by atoms with van der Waals surface area (Å²) in [6.07, 6.45) is 4.21. The molecule has 0 spiro atoms. The number of carbonyl (C=O) groups is 1. The Hall–Kier alpha value is -1.87. The lowest BCUT2D eigenvalue weighted by Gasteiger charge is -2.01. The first kappa shape index (κ1) is 10.6. The number of rotatable bonds is 2. The van der Waals surface area contributed by atoms with Crippen LogP contribution in [0.2, 0.25) is 5.02 Å². The Morgan fingerprint density at radius 1 is 1.44 bits per heavy atom. The van der Waals surface area contributed by atoms with E-state index in [4.69, 9.17) is 16.7 Å². The van der Waals surface area contributed by atoms with Crippen molar-refractivity contribution < 1.29 is 9.90 Å². The van der Waals surface area contributed by atoms with Gasteiger partial charge in [-0.3, -0.25) is 4.98 Å². The van der Waals surface area contributed by atoms with Crippen LogP contribution in [0.1, 0.15) is 5.56 Å². The van der Waals surface area contributed by atoms with Gasteiger partial charge in [0.05, 0.1) is 5.52 Å². The molecule has 1 aromatic carbocycles. The van der Waals surface area contributed by atoms with E-state index in [1.165, 1.54) is 6.08 Å². The molecule has 0 unspecified atom stereocenters. The minimum absolute atomic E-state index is 0.490. The van der Waals surface area contributed by atoms with Gasteiger partial charge in [-0.15, -0.1) is 0 Å². The van der Waals surface area contributed by atoms with Crippen LogP contribution in [0.3, 0.4) is 0 Å². The van der Waals surface area contributed by atoms with Crippen LogP contribution in [-0.2, 0) is 4.79 Å². The Morgan fingerprint density at radius 3 is 3.00 bits per heavy atom. The number of nitrogens with zero attached hydrogens (tertiary/aromatic N) is 1. The van der Waals surface area contributed by atoms with Crippen molar-refractivity contribution in [3.05, 3.63) is 47.1 Å². The predicted molar refractivity (Wildman–Crippen MR) is 63.4 cm³/mol. The van der Waals surface area contributed by atoms with Crippen molar-refractivity contribution in [3.63, 3.8) is 0 Å². The Labute approximate surface area is 97.0 Å². The molecule has 0 amide bonds. The van der Waals surface area contributed by atoms with E-state index in [1.54, 1.807) is 12.3 Å². The number of fused-ring (bicyclic) bond motifs is 1. The summed E-state index contributed by atoms with van der Waals surface area (Å²) in [5.74, 6) is -0.998. The highest BCUT2D eigenvalue weighted by atomic mass is 35.5. The van der Waals surface area contributed by atoms with Gasteiger partial charge >= 0.3 is 5.97 Å². The average Bonchev–Trinajstić information content (AvgIpc) is 2.26. The van der Waals surface area contributed by atoms with Crippen LogP contribution >= 0.6 is 11.6 Å². The van der Waals surface area contributed by atoms with Crippen molar-refractivity contribution in [3.8, 4) is 0 Å². The molecule has 0 bridgehead atoms. The van der Waals surface area contributed by atoms with E-state index in [0.717, 1.165) is 17.0 Å². The summed E-state index contributed by atoms with van der Waals surface area (Å²) in [7, 11) is 0. The minimum Gasteiger partial charge on any atom is -0.478 e. The SMILES string of the molecule is O=C(O)/C=C/c1cc2cccnc2cc1Cl. The minimum atomic E-state index is -0.998. The topological polar surface area (TPSA) is 50.2 Å². The zero-order chi connectivity index (χ0) is 11.5. The van der Waals surface area contributed by atoms with E-state index in [-0.39, 0.29) is 0 Å². The monoisotopic (exact) mass is 233 g/mol. The normalized spacial score (nSPS) is 11.1. The van der Waals surface area contributed by atoms with E-state index in [9.17, 15) is 4.79 Å². The van der Waals surface area contributed by atoms with Crippen LogP contribution in [0, 0.1) is 0 Å². The fourth-order valence-corrected chi connectivity index (χ4v) is 1.62. The predicted octanol–water partition coefficient (Wildman–Crippen LogP) is 2.99.